The minimum atomic E-state index is -1.05. The summed E-state index contributed by atoms with van der Waals surface area (Å²) in [5.41, 5.74) is 0.934. The van der Waals surface area contributed by atoms with E-state index in [1.807, 2.05) is 36.4 Å². The fraction of sp³-hybridized carbons (Fsp3) is 0.250. The van der Waals surface area contributed by atoms with Gasteiger partial charge in [0.05, 0.1) is 4.92 Å². The largest absolute Gasteiger partial charge is 0.451 e. The summed E-state index contributed by atoms with van der Waals surface area (Å²) in [5, 5.41) is 19.7. The highest BCUT2D eigenvalue weighted by atomic mass is 16.6. The van der Waals surface area contributed by atoms with Crippen LogP contribution in [0.2, 0.25) is 0 Å². The van der Waals surface area contributed by atoms with Crippen molar-refractivity contribution in [1.82, 2.24) is 9.78 Å². The molecule has 9 nitrogen and oxygen atoms in total. The molecule has 3 rings (SSSR count). The van der Waals surface area contributed by atoms with Crippen molar-refractivity contribution in [3.63, 3.8) is 0 Å². The molecule has 1 atom stereocenters. The maximum absolute atomic E-state index is 12.5. The molecular formula is C20H20N4O5. The zero-order valence-corrected chi connectivity index (χ0v) is 16.2. The molecule has 0 bridgehead atoms. The number of ether oxygens (including phenoxy) is 1. The summed E-state index contributed by atoms with van der Waals surface area (Å²) in [6.45, 7) is 4.13. The number of rotatable bonds is 6. The first-order valence-corrected chi connectivity index (χ1v) is 8.94. The Labute approximate surface area is 166 Å². The molecule has 9 heteroatoms. The lowest BCUT2D eigenvalue weighted by molar-refractivity contribution is -0.386. The van der Waals surface area contributed by atoms with Crippen molar-refractivity contribution in [1.29, 1.82) is 0 Å². The second-order valence-electron chi connectivity index (χ2n) is 6.58. The number of hydrogen-bond donors (Lipinski definition) is 1. The van der Waals surface area contributed by atoms with Crippen LogP contribution in [0.25, 0.3) is 10.8 Å². The van der Waals surface area contributed by atoms with Crippen LogP contribution in [0, 0.1) is 24.0 Å². The summed E-state index contributed by atoms with van der Waals surface area (Å²) in [6, 6.07) is 13.1. The van der Waals surface area contributed by atoms with Crippen LogP contribution < -0.4 is 5.32 Å². The standard InChI is InChI=1S/C20H20N4O5/c1-12-19(24(27)28)13(2)23(22-12)11-18(25)29-14(3)20(26)21-17-10-6-8-15-7-4-5-9-16(15)17/h4-10,14H,11H2,1-3H3,(H,21,26)/t14-/m0/s1. The van der Waals surface area contributed by atoms with Gasteiger partial charge in [0, 0.05) is 11.1 Å². The number of carbonyl (C=O) groups is 2. The van der Waals surface area contributed by atoms with E-state index in [-0.39, 0.29) is 23.6 Å². The van der Waals surface area contributed by atoms with Crippen LogP contribution >= 0.6 is 0 Å². The number of amides is 1. The van der Waals surface area contributed by atoms with Gasteiger partial charge in [0.1, 0.15) is 17.9 Å². The number of aryl methyl sites for hydroxylation is 1. The maximum Gasteiger partial charge on any atom is 0.328 e. The van der Waals surface area contributed by atoms with Crippen LogP contribution in [0.3, 0.4) is 0 Å². The van der Waals surface area contributed by atoms with E-state index < -0.39 is 22.9 Å². The van der Waals surface area contributed by atoms with Gasteiger partial charge in [0.2, 0.25) is 0 Å². The summed E-state index contributed by atoms with van der Waals surface area (Å²) >= 11 is 0. The lowest BCUT2D eigenvalue weighted by Gasteiger charge is -2.15. The molecule has 0 aliphatic heterocycles. The van der Waals surface area contributed by atoms with E-state index in [9.17, 15) is 19.7 Å². The molecule has 0 radical (unpaired) electrons. The van der Waals surface area contributed by atoms with Gasteiger partial charge >= 0.3 is 11.7 Å². The van der Waals surface area contributed by atoms with Crippen LogP contribution in [0.5, 0.6) is 0 Å². The predicted octanol–water partition coefficient (Wildman–Crippen LogP) is 3.13. The summed E-state index contributed by atoms with van der Waals surface area (Å²) in [6.07, 6.45) is -1.05. The molecule has 29 heavy (non-hydrogen) atoms. The molecule has 0 spiro atoms. The summed E-state index contributed by atoms with van der Waals surface area (Å²) in [5.74, 6) is -1.19. The molecule has 0 aliphatic carbocycles. The van der Waals surface area contributed by atoms with Crippen molar-refractivity contribution in [3.8, 4) is 0 Å². The number of hydrogen-bond acceptors (Lipinski definition) is 6. The highest BCUT2D eigenvalue weighted by Gasteiger charge is 2.24. The van der Waals surface area contributed by atoms with E-state index >= 15 is 0 Å². The molecule has 1 aromatic heterocycles. The van der Waals surface area contributed by atoms with Crippen LogP contribution in [-0.4, -0.2) is 32.7 Å². The van der Waals surface area contributed by atoms with Crippen molar-refractivity contribution in [2.45, 2.75) is 33.4 Å². The molecule has 1 amide bonds. The molecule has 0 fully saturated rings. The first-order valence-electron chi connectivity index (χ1n) is 8.94. The molecule has 2 aromatic carbocycles. The van der Waals surface area contributed by atoms with Crippen LogP contribution in [0.1, 0.15) is 18.3 Å². The fourth-order valence-electron chi connectivity index (χ4n) is 3.08. The third-order valence-corrected chi connectivity index (χ3v) is 4.53. The lowest BCUT2D eigenvalue weighted by atomic mass is 10.1. The predicted molar refractivity (Wildman–Crippen MR) is 106 cm³/mol. The highest BCUT2D eigenvalue weighted by Crippen LogP contribution is 2.24. The Kier molecular flexibility index (Phi) is 5.58. The number of nitrogens with zero attached hydrogens (tertiary/aromatic N) is 3. The van der Waals surface area contributed by atoms with E-state index in [4.69, 9.17) is 4.74 Å². The zero-order chi connectivity index (χ0) is 21.1. The van der Waals surface area contributed by atoms with Gasteiger partial charge in [-0.15, -0.1) is 0 Å². The number of benzene rings is 2. The van der Waals surface area contributed by atoms with Crippen molar-refractivity contribution < 1.29 is 19.2 Å². The van der Waals surface area contributed by atoms with Gasteiger partial charge in [0.25, 0.3) is 5.91 Å². The van der Waals surface area contributed by atoms with Gasteiger partial charge in [-0.05, 0) is 32.2 Å². The van der Waals surface area contributed by atoms with Crippen molar-refractivity contribution in [3.05, 3.63) is 64.0 Å². The first-order chi connectivity index (χ1) is 13.8. The normalized spacial score (nSPS) is 11.8. The minimum Gasteiger partial charge on any atom is -0.451 e. The van der Waals surface area contributed by atoms with Crippen molar-refractivity contribution in [2.24, 2.45) is 0 Å². The Hall–Kier alpha value is -3.75. The molecular weight excluding hydrogens is 376 g/mol. The average Bonchev–Trinajstić information content (AvgIpc) is 2.95. The molecule has 1 heterocycles. The van der Waals surface area contributed by atoms with E-state index in [1.54, 1.807) is 6.07 Å². The van der Waals surface area contributed by atoms with Gasteiger partial charge in [-0.1, -0.05) is 36.4 Å². The number of carbonyl (C=O) groups excluding carboxylic acids is 2. The number of nitrogens with one attached hydrogen (secondary N) is 1. The van der Waals surface area contributed by atoms with Crippen molar-refractivity contribution >= 4 is 34.0 Å². The molecule has 0 unspecified atom stereocenters. The molecule has 0 saturated heterocycles. The Morgan fingerprint density at radius 3 is 2.59 bits per heavy atom. The Morgan fingerprint density at radius 1 is 1.21 bits per heavy atom. The first kappa shape index (κ1) is 20.0. The smallest absolute Gasteiger partial charge is 0.328 e. The fourth-order valence-corrected chi connectivity index (χ4v) is 3.08. The average molecular weight is 396 g/mol. The maximum atomic E-state index is 12.5. The third-order valence-electron chi connectivity index (χ3n) is 4.53. The van der Waals surface area contributed by atoms with Crippen LogP contribution in [0.4, 0.5) is 11.4 Å². The van der Waals surface area contributed by atoms with E-state index in [0.29, 0.717) is 5.69 Å². The number of aromatic nitrogens is 2. The van der Waals surface area contributed by atoms with E-state index in [0.717, 1.165) is 10.8 Å². The molecule has 0 aliphatic rings. The molecule has 3 aromatic rings. The molecule has 0 saturated carbocycles. The topological polar surface area (TPSA) is 116 Å². The van der Waals surface area contributed by atoms with Gasteiger partial charge in [-0.25, -0.2) is 0 Å². The second-order valence-corrected chi connectivity index (χ2v) is 6.58. The molecule has 150 valence electrons. The lowest BCUT2D eigenvalue weighted by Crippen LogP contribution is -2.31. The monoisotopic (exact) mass is 396 g/mol. The van der Waals surface area contributed by atoms with E-state index in [2.05, 4.69) is 10.4 Å². The van der Waals surface area contributed by atoms with Crippen molar-refractivity contribution in [2.75, 3.05) is 5.32 Å². The van der Waals surface area contributed by atoms with Crippen LogP contribution in [0.15, 0.2) is 42.5 Å². The van der Waals surface area contributed by atoms with Gasteiger partial charge in [0.15, 0.2) is 6.10 Å². The third kappa shape index (κ3) is 4.23. The Bertz CT molecular complexity index is 1100. The SMILES string of the molecule is Cc1nn(CC(=O)O[C@@H](C)C(=O)Nc2cccc3ccccc23)c(C)c1[N+](=O)[O-]. The molecule has 1 N–H and O–H groups in total. The van der Waals surface area contributed by atoms with Gasteiger partial charge < -0.3 is 10.1 Å². The number of esters is 1. The minimum absolute atomic E-state index is 0.139. The van der Waals surface area contributed by atoms with Gasteiger partial charge in [-0.2, -0.15) is 5.10 Å². The number of fused-ring (bicyclic) bond motifs is 1. The zero-order valence-electron chi connectivity index (χ0n) is 16.2. The van der Waals surface area contributed by atoms with Crippen LogP contribution in [-0.2, 0) is 20.9 Å². The summed E-state index contributed by atoms with van der Waals surface area (Å²) < 4.78 is 6.38. The quantitative estimate of drug-likeness (QED) is 0.389. The highest BCUT2D eigenvalue weighted by molar-refractivity contribution is 6.03. The number of nitro groups is 1. The summed E-state index contributed by atoms with van der Waals surface area (Å²) in [4.78, 5) is 35.2. The Morgan fingerprint density at radius 2 is 1.90 bits per heavy atom. The number of anilines is 1. The van der Waals surface area contributed by atoms with E-state index in [1.165, 1.54) is 25.5 Å². The Balaban J connectivity index is 1.66. The second kappa shape index (κ2) is 8.09. The summed E-state index contributed by atoms with van der Waals surface area (Å²) in [7, 11) is 0. The van der Waals surface area contributed by atoms with Gasteiger partial charge in [-0.3, -0.25) is 24.4 Å².